The quantitative estimate of drug-likeness (QED) is 0.529. The predicted molar refractivity (Wildman–Crippen MR) is 110 cm³/mol. The lowest BCUT2D eigenvalue weighted by Gasteiger charge is -2.13. The second-order valence-electron chi connectivity index (χ2n) is 6.52. The fourth-order valence-electron chi connectivity index (χ4n) is 3.25. The van der Waals surface area contributed by atoms with Gasteiger partial charge < -0.3 is 10.1 Å². The van der Waals surface area contributed by atoms with Crippen LogP contribution in [-0.4, -0.2) is 17.1 Å². The Hall–Kier alpha value is -3.40. The highest BCUT2D eigenvalue weighted by atomic mass is 16.5. The van der Waals surface area contributed by atoms with Crippen LogP contribution >= 0.6 is 0 Å². The van der Waals surface area contributed by atoms with E-state index in [1.54, 1.807) is 7.11 Å². The van der Waals surface area contributed by atoms with Gasteiger partial charge in [0.1, 0.15) is 11.6 Å². The standard InChI is InChI=1S/C23H21N3O/c1-16-7-8-19(14-22(16)27-2)26-23-21-6-4-3-5-20(21)18(15-25-23)13-17-9-11-24-12-10-17/h3-12,14-15H,13H2,1-2H3,(H,25,26). The SMILES string of the molecule is COc1cc(Nc2ncc(Cc3ccncc3)c3ccccc23)ccc1C. The molecule has 4 rings (SSSR count). The molecule has 2 aromatic heterocycles. The minimum atomic E-state index is 0.828. The largest absolute Gasteiger partial charge is 0.496 e. The maximum Gasteiger partial charge on any atom is 0.138 e. The van der Waals surface area contributed by atoms with Crippen LogP contribution in [0.25, 0.3) is 10.8 Å². The van der Waals surface area contributed by atoms with E-state index in [1.165, 1.54) is 16.5 Å². The molecule has 4 nitrogen and oxygen atoms in total. The van der Waals surface area contributed by atoms with E-state index in [-0.39, 0.29) is 0 Å². The lowest BCUT2D eigenvalue weighted by molar-refractivity contribution is 0.412. The summed E-state index contributed by atoms with van der Waals surface area (Å²) < 4.78 is 5.43. The number of fused-ring (bicyclic) bond motifs is 1. The molecule has 2 aromatic carbocycles. The highest BCUT2D eigenvalue weighted by molar-refractivity contribution is 5.95. The van der Waals surface area contributed by atoms with E-state index < -0.39 is 0 Å². The Labute approximate surface area is 158 Å². The first-order valence-corrected chi connectivity index (χ1v) is 8.92. The number of rotatable bonds is 5. The van der Waals surface area contributed by atoms with Gasteiger partial charge in [0.25, 0.3) is 0 Å². The molecule has 1 N–H and O–H groups in total. The van der Waals surface area contributed by atoms with Crippen molar-refractivity contribution in [3.8, 4) is 5.75 Å². The van der Waals surface area contributed by atoms with Crippen LogP contribution < -0.4 is 10.1 Å². The van der Waals surface area contributed by atoms with E-state index in [9.17, 15) is 0 Å². The number of benzene rings is 2. The normalized spacial score (nSPS) is 10.7. The molecule has 0 amide bonds. The van der Waals surface area contributed by atoms with Gasteiger partial charge >= 0.3 is 0 Å². The number of nitrogens with one attached hydrogen (secondary N) is 1. The van der Waals surface area contributed by atoms with Crippen molar-refractivity contribution in [2.75, 3.05) is 12.4 Å². The van der Waals surface area contributed by atoms with Crippen molar-refractivity contribution in [2.45, 2.75) is 13.3 Å². The van der Waals surface area contributed by atoms with E-state index >= 15 is 0 Å². The molecule has 134 valence electrons. The van der Waals surface area contributed by atoms with Crippen LogP contribution in [0.15, 0.2) is 73.2 Å². The van der Waals surface area contributed by atoms with Crippen LogP contribution in [0.2, 0.25) is 0 Å². The number of pyridine rings is 2. The molecule has 0 bridgehead atoms. The zero-order chi connectivity index (χ0) is 18.6. The van der Waals surface area contributed by atoms with Gasteiger partial charge in [0.2, 0.25) is 0 Å². The number of aromatic nitrogens is 2. The Balaban J connectivity index is 1.72. The maximum absolute atomic E-state index is 5.43. The summed E-state index contributed by atoms with van der Waals surface area (Å²) in [5.41, 5.74) is 4.48. The van der Waals surface area contributed by atoms with Crippen LogP contribution in [0.4, 0.5) is 11.5 Å². The van der Waals surface area contributed by atoms with Gasteiger partial charge in [-0.15, -0.1) is 0 Å². The van der Waals surface area contributed by atoms with Crippen LogP contribution in [0.3, 0.4) is 0 Å². The van der Waals surface area contributed by atoms with E-state index in [1.807, 2.05) is 61.9 Å². The third-order valence-electron chi connectivity index (χ3n) is 4.69. The highest BCUT2D eigenvalue weighted by Gasteiger charge is 2.09. The number of ether oxygens (including phenoxy) is 1. The zero-order valence-corrected chi connectivity index (χ0v) is 15.4. The summed E-state index contributed by atoms with van der Waals surface area (Å²) in [7, 11) is 1.69. The van der Waals surface area contributed by atoms with Crippen molar-refractivity contribution < 1.29 is 4.74 Å². The predicted octanol–water partition coefficient (Wildman–Crippen LogP) is 5.28. The highest BCUT2D eigenvalue weighted by Crippen LogP contribution is 2.30. The zero-order valence-electron chi connectivity index (χ0n) is 15.4. The summed E-state index contributed by atoms with van der Waals surface area (Å²) in [5, 5.41) is 5.74. The monoisotopic (exact) mass is 355 g/mol. The molecule has 27 heavy (non-hydrogen) atoms. The number of anilines is 2. The summed E-state index contributed by atoms with van der Waals surface area (Å²) in [4.78, 5) is 8.80. The Bertz CT molecular complexity index is 1080. The number of nitrogens with zero attached hydrogens (tertiary/aromatic N) is 2. The van der Waals surface area contributed by atoms with Gasteiger partial charge in [-0.1, -0.05) is 30.3 Å². The van der Waals surface area contributed by atoms with E-state index in [0.717, 1.165) is 34.6 Å². The molecule has 0 spiro atoms. The molecule has 4 heteroatoms. The molecule has 0 radical (unpaired) electrons. The van der Waals surface area contributed by atoms with Crippen LogP contribution in [-0.2, 0) is 6.42 Å². The average molecular weight is 355 g/mol. The molecule has 0 aliphatic carbocycles. The average Bonchev–Trinajstić information content (AvgIpc) is 2.72. The molecule has 0 aliphatic rings. The summed E-state index contributed by atoms with van der Waals surface area (Å²) in [5.74, 6) is 1.70. The van der Waals surface area contributed by atoms with Gasteiger partial charge in [0.15, 0.2) is 0 Å². The Morgan fingerprint density at radius 2 is 1.74 bits per heavy atom. The van der Waals surface area contributed by atoms with Gasteiger partial charge in [-0.2, -0.15) is 0 Å². The fraction of sp³-hybridized carbons (Fsp3) is 0.130. The van der Waals surface area contributed by atoms with E-state index in [0.29, 0.717) is 0 Å². The van der Waals surface area contributed by atoms with Crippen LogP contribution in [0.5, 0.6) is 5.75 Å². The van der Waals surface area contributed by atoms with Crippen LogP contribution in [0.1, 0.15) is 16.7 Å². The molecule has 4 aromatic rings. The minimum Gasteiger partial charge on any atom is -0.496 e. The van der Waals surface area contributed by atoms with Crippen molar-refractivity contribution in [2.24, 2.45) is 0 Å². The third kappa shape index (κ3) is 3.60. The number of aryl methyl sites for hydroxylation is 1. The molecule has 0 saturated heterocycles. The summed E-state index contributed by atoms with van der Waals surface area (Å²) in [6.45, 7) is 2.03. The maximum atomic E-state index is 5.43. The minimum absolute atomic E-state index is 0.828. The summed E-state index contributed by atoms with van der Waals surface area (Å²) >= 11 is 0. The molecular weight excluding hydrogens is 334 g/mol. The van der Waals surface area contributed by atoms with Gasteiger partial charge in [-0.25, -0.2) is 4.98 Å². The molecule has 0 atom stereocenters. The van der Waals surface area contributed by atoms with Crippen molar-refractivity contribution in [1.82, 2.24) is 9.97 Å². The first-order chi connectivity index (χ1) is 13.2. The van der Waals surface area contributed by atoms with Crippen molar-refractivity contribution >= 4 is 22.3 Å². The number of hydrogen-bond acceptors (Lipinski definition) is 4. The Morgan fingerprint density at radius 1 is 0.963 bits per heavy atom. The van der Waals surface area contributed by atoms with Gasteiger partial charge in [-0.3, -0.25) is 4.98 Å². The van der Waals surface area contributed by atoms with Gasteiger partial charge in [0, 0.05) is 35.7 Å². The van der Waals surface area contributed by atoms with E-state index in [4.69, 9.17) is 9.72 Å². The number of methoxy groups -OCH3 is 1. The molecule has 0 aliphatic heterocycles. The third-order valence-corrected chi connectivity index (χ3v) is 4.69. The molecule has 2 heterocycles. The summed E-state index contributed by atoms with van der Waals surface area (Å²) in [6, 6.07) is 18.5. The van der Waals surface area contributed by atoms with Crippen molar-refractivity contribution in [3.63, 3.8) is 0 Å². The fourth-order valence-corrected chi connectivity index (χ4v) is 3.25. The number of hydrogen-bond donors (Lipinski definition) is 1. The molecule has 0 fully saturated rings. The lowest BCUT2D eigenvalue weighted by atomic mass is 10.0. The Kier molecular flexibility index (Phi) is 4.71. The lowest BCUT2D eigenvalue weighted by Crippen LogP contribution is -1.99. The molecule has 0 unspecified atom stereocenters. The topological polar surface area (TPSA) is 47.0 Å². The first-order valence-electron chi connectivity index (χ1n) is 8.92. The second-order valence-corrected chi connectivity index (χ2v) is 6.52. The van der Waals surface area contributed by atoms with Crippen molar-refractivity contribution in [3.05, 3.63) is 89.9 Å². The molecule has 0 saturated carbocycles. The van der Waals surface area contributed by atoms with E-state index in [2.05, 4.69) is 28.5 Å². The Morgan fingerprint density at radius 3 is 2.52 bits per heavy atom. The smallest absolute Gasteiger partial charge is 0.138 e. The van der Waals surface area contributed by atoms with Gasteiger partial charge in [-0.05, 0) is 53.6 Å². The summed E-state index contributed by atoms with van der Waals surface area (Å²) in [6.07, 6.45) is 6.43. The van der Waals surface area contributed by atoms with Crippen LogP contribution in [0, 0.1) is 6.92 Å². The molecular formula is C23H21N3O. The second kappa shape index (κ2) is 7.46. The van der Waals surface area contributed by atoms with Gasteiger partial charge in [0.05, 0.1) is 7.11 Å². The van der Waals surface area contributed by atoms with Crippen molar-refractivity contribution in [1.29, 1.82) is 0 Å². The first kappa shape index (κ1) is 17.0.